The number of hydrogen-bond donors (Lipinski definition) is 1. The van der Waals surface area contributed by atoms with Crippen molar-refractivity contribution in [2.24, 2.45) is 0 Å². The Labute approximate surface area is 96.6 Å². The molecule has 0 aliphatic carbocycles. The topological polar surface area (TPSA) is 46.2 Å². The highest BCUT2D eigenvalue weighted by molar-refractivity contribution is 6.10. The molecule has 1 N–H and O–H groups in total. The summed E-state index contributed by atoms with van der Waals surface area (Å²) in [6.45, 7) is 0. The Bertz CT molecular complexity index is 550. The molecule has 3 nitrogen and oxygen atoms in total. The Morgan fingerprint density at radius 2 is 1.83 bits per heavy atom. The molecule has 1 heterocycles. The van der Waals surface area contributed by atoms with Gasteiger partial charge in [-0.2, -0.15) is 22.0 Å². The maximum atomic E-state index is 13.4. The quantitative estimate of drug-likeness (QED) is 0.626. The van der Waals surface area contributed by atoms with E-state index in [1.165, 1.54) is 0 Å². The monoisotopic (exact) mass is 265 g/mol. The summed E-state index contributed by atoms with van der Waals surface area (Å²) in [5.41, 5.74) is -2.93. The minimum Gasteiger partial charge on any atom is -0.320 e. The predicted molar refractivity (Wildman–Crippen MR) is 49.4 cm³/mol. The summed E-state index contributed by atoms with van der Waals surface area (Å²) < 4.78 is 63.6. The SMILES string of the molecule is O=C(c1cccc2c1C(F)(F)C(=O)N2)C(F)(F)F. The number of hydrogen-bond acceptors (Lipinski definition) is 2. The first kappa shape index (κ1) is 12.5. The first-order valence-electron chi connectivity index (χ1n) is 4.60. The summed E-state index contributed by atoms with van der Waals surface area (Å²) in [5.74, 6) is -8.30. The van der Waals surface area contributed by atoms with Crippen molar-refractivity contribution in [3.05, 3.63) is 29.3 Å². The number of Topliss-reactive ketones (excluding diaryl/α,β-unsaturated/α-hetero) is 1. The van der Waals surface area contributed by atoms with Crippen molar-refractivity contribution >= 4 is 17.4 Å². The number of anilines is 1. The van der Waals surface area contributed by atoms with Crippen molar-refractivity contribution in [1.29, 1.82) is 0 Å². The Morgan fingerprint density at radius 3 is 2.39 bits per heavy atom. The molecule has 0 atom stereocenters. The van der Waals surface area contributed by atoms with Crippen LogP contribution in [0.25, 0.3) is 0 Å². The van der Waals surface area contributed by atoms with Crippen molar-refractivity contribution < 1.29 is 31.5 Å². The number of benzene rings is 1. The van der Waals surface area contributed by atoms with Gasteiger partial charge in [-0.05, 0) is 6.07 Å². The van der Waals surface area contributed by atoms with E-state index in [0.717, 1.165) is 12.1 Å². The first-order chi connectivity index (χ1) is 8.15. The van der Waals surface area contributed by atoms with Gasteiger partial charge in [0.1, 0.15) is 0 Å². The zero-order valence-electron chi connectivity index (χ0n) is 8.44. The van der Waals surface area contributed by atoms with Gasteiger partial charge in [-0.3, -0.25) is 9.59 Å². The van der Waals surface area contributed by atoms with Crippen LogP contribution in [0.5, 0.6) is 0 Å². The molecule has 1 aromatic rings. The van der Waals surface area contributed by atoms with E-state index in [1.54, 1.807) is 5.32 Å². The first-order valence-corrected chi connectivity index (χ1v) is 4.60. The van der Waals surface area contributed by atoms with Crippen LogP contribution in [0.4, 0.5) is 27.6 Å². The third-order valence-electron chi connectivity index (χ3n) is 2.41. The highest BCUT2D eigenvalue weighted by Gasteiger charge is 2.53. The molecule has 0 radical (unpaired) electrons. The molecule has 1 aliphatic heterocycles. The van der Waals surface area contributed by atoms with Crippen molar-refractivity contribution in [2.75, 3.05) is 5.32 Å². The minimum atomic E-state index is -5.28. The molecule has 0 unspecified atom stereocenters. The van der Waals surface area contributed by atoms with Crippen molar-refractivity contribution in [3.63, 3.8) is 0 Å². The zero-order chi connectivity index (χ0) is 13.7. The lowest BCUT2D eigenvalue weighted by Crippen LogP contribution is -2.29. The highest BCUT2D eigenvalue weighted by Crippen LogP contribution is 2.43. The van der Waals surface area contributed by atoms with Gasteiger partial charge in [0.25, 0.3) is 11.7 Å². The average molecular weight is 265 g/mol. The molecular weight excluding hydrogens is 261 g/mol. The second-order valence-electron chi connectivity index (χ2n) is 3.58. The van der Waals surface area contributed by atoms with Crippen LogP contribution in [-0.4, -0.2) is 17.9 Å². The van der Waals surface area contributed by atoms with E-state index in [4.69, 9.17) is 0 Å². The van der Waals surface area contributed by atoms with Gasteiger partial charge >= 0.3 is 12.1 Å². The third-order valence-corrected chi connectivity index (χ3v) is 2.41. The van der Waals surface area contributed by atoms with E-state index in [0.29, 0.717) is 6.07 Å². The van der Waals surface area contributed by atoms with Gasteiger partial charge in [0, 0.05) is 5.56 Å². The van der Waals surface area contributed by atoms with Crippen molar-refractivity contribution in [3.8, 4) is 0 Å². The fourth-order valence-corrected chi connectivity index (χ4v) is 1.65. The normalized spacial score (nSPS) is 17.3. The zero-order valence-corrected chi connectivity index (χ0v) is 8.44. The number of nitrogens with one attached hydrogen (secondary N) is 1. The van der Waals surface area contributed by atoms with E-state index in [1.807, 2.05) is 0 Å². The van der Waals surface area contributed by atoms with Crippen LogP contribution in [0.3, 0.4) is 0 Å². The number of amides is 1. The molecule has 1 amide bonds. The number of carbonyl (C=O) groups excluding carboxylic acids is 2. The molecule has 8 heteroatoms. The minimum absolute atomic E-state index is 0.486. The lowest BCUT2D eigenvalue weighted by Gasteiger charge is -2.12. The highest BCUT2D eigenvalue weighted by atomic mass is 19.4. The summed E-state index contributed by atoms with van der Waals surface area (Å²) >= 11 is 0. The predicted octanol–water partition coefficient (Wildman–Crippen LogP) is 2.48. The molecule has 0 saturated carbocycles. The van der Waals surface area contributed by atoms with Crippen LogP contribution in [0.2, 0.25) is 0 Å². The van der Waals surface area contributed by atoms with Crippen molar-refractivity contribution in [2.45, 2.75) is 12.1 Å². The summed E-state index contributed by atoms with van der Waals surface area (Å²) in [6.07, 6.45) is -5.28. The molecule has 0 bridgehead atoms. The van der Waals surface area contributed by atoms with Crippen LogP contribution >= 0.6 is 0 Å². The lowest BCUT2D eigenvalue weighted by atomic mass is 9.98. The van der Waals surface area contributed by atoms with Gasteiger partial charge in [-0.25, -0.2) is 0 Å². The number of ketones is 1. The summed E-state index contributed by atoms with van der Waals surface area (Å²) in [6, 6.07) is 2.60. The van der Waals surface area contributed by atoms with Crippen LogP contribution < -0.4 is 5.32 Å². The lowest BCUT2D eigenvalue weighted by molar-refractivity contribution is -0.139. The fourth-order valence-electron chi connectivity index (χ4n) is 1.65. The second kappa shape index (κ2) is 3.50. The van der Waals surface area contributed by atoms with Crippen LogP contribution in [0, 0.1) is 0 Å². The molecule has 0 spiro atoms. The molecule has 1 aromatic carbocycles. The average Bonchev–Trinajstić information content (AvgIpc) is 2.48. The smallest absolute Gasteiger partial charge is 0.320 e. The van der Waals surface area contributed by atoms with Gasteiger partial charge in [0.2, 0.25) is 0 Å². The van der Waals surface area contributed by atoms with E-state index >= 15 is 0 Å². The molecule has 0 saturated heterocycles. The molecule has 2 rings (SSSR count). The van der Waals surface area contributed by atoms with Gasteiger partial charge in [0.15, 0.2) is 0 Å². The molecule has 0 fully saturated rings. The maximum Gasteiger partial charge on any atom is 0.454 e. The molecule has 96 valence electrons. The fraction of sp³-hybridized carbons (Fsp3) is 0.200. The number of alkyl halides is 5. The van der Waals surface area contributed by atoms with E-state index in [-0.39, 0.29) is 0 Å². The van der Waals surface area contributed by atoms with Crippen LogP contribution in [0.15, 0.2) is 18.2 Å². The summed E-state index contributed by atoms with van der Waals surface area (Å²) in [5, 5.41) is 1.73. The largest absolute Gasteiger partial charge is 0.454 e. The van der Waals surface area contributed by atoms with E-state index < -0.39 is 40.6 Å². The molecular formula is C10H4F5NO2. The summed E-state index contributed by atoms with van der Waals surface area (Å²) in [7, 11) is 0. The van der Waals surface area contributed by atoms with Gasteiger partial charge in [-0.15, -0.1) is 0 Å². The summed E-state index contributed by atoms with van der Waals surface area (Å²) in [4.78, 5) is 21.9. The van der Waals surface area contributed by atoms with Gasteiger partial charge in [-0.1, -0.05) is 12.1 Å². The molecule has 1 aliphatic rings. The Kier molecular flexibility index (Phi) is 2.42. The Morgan fingerprint density at radius 1 is 1.22 bits per heavy atom. The molecule has 18 heavy (non-hydrogen) atoms. The maximum absolute atomic E-state index is 13.4. The second-order valence-corrected chi connectivity index (χ2v) is 3.58. The van der Waals surface area contributed by atoms with Crippen molar-refractivity contribution in [1.82, 2.24) is 0 Å². The Balaban J connectivity index is 2.65. The number of rotatable bonds is 1. The molecule has 0 aromatic heterocycles. The third kappa shape index (κ3) is 1.64. The van der Waals surface area contributed by atoms with Gasteiger partial charge in [0.05, 0.1) is 11.3 Å². The standard InChI is InChI=1S/C10H4F5NO2/c11-9(12)6-4(7(17)10(13,14)15)2-1-3-5(6)16-8(9)18/h1-3H,(H,16,18). The Hall–Kier alpha value is -1.99. The number of carbonyl (C=O) groups is 2. The van der Waals surface area contributed by atoms with Crippen LogP contribution in [-0.2, 0) is 10.7 Å². The number of halogens is 5. The number of fused-ring (bicyclic) bond motifs is 1. The van der Waals surface area contributed by atoms with Gasteiger partial charge < -0.3 is 5.32 Å². The van der Waals surface area contributed by atoms with Crippen LogP contribution in [0.1, 0.15) is 15.9 Å². The van der Waals surface area contributed by atoms with E-state index in [9.17, 15) is 31.5 Å². The van der Waals surface area contributed by atoms with E-state index in [2.05, 4.69) is 0 Å².